The zero-order chi connectivity index (χ0) is 8.10. The molecule has 1 saturated heterocycles. The van der Waals surface area contributed by atoms with Crippen molar-refractivity contribution in [3.05, 3.63) is 0 Å². The van der Waals surface area contributed by atoms with Gasteiger partial charge in [-0.3, -0.25) is 0 Å². The van der Waals surface area contributed by atoms with E-state index in [1.54, 1.807) is 7.11 Å². The number of nitrogens with one attached hydrogen (secondary N) is 2. The molecule has 1 aliphatic heterocycles. The average molecular weight is 160 g/mol. The summed E-state index contributed by atoms with van der Waals surface area (Å²) in [5.41, 5.74) is 0. The molecule has 0 aromatic heterocycles. The Bertz CT molecular complexity index is 107. The van der Waals surface area contributed by atoms with Crippen LogP contribution in [0, 0.1) is 0 Å². The lowest BCUT2D eigenvalue weighted by molar-refractivity contribution is 0.116. The third-order valence-corrected chi connectivity index (χ3v) is 1.84. The maximum absolute atomic E-state index is 8.86. The summed E-state index contributed by atoms with van der Waals surface area (Å²) in [4.78, 5) is 0. The Labute approximate surface area is 66.9 Å². The van der Waals surface area contributed by atoms with Crippen molar-refractivity contribution in [1.82, 2.24) is 10.6 Å². The predicted molar refractivity (Wildman–Crippen MR) is 42.5 cm³/mol. The highest BCUT2D eigenvalue weighted by atomic mass is 16.5. The van der Waals surface area contributed by atoms with Crippen LogP contribution in [-0.2, 0) is 4.74 Å². The maximum atomic E-state index is 8.86. The molecule has 1 rings (SSSR count). The van der Waals surface area contributed by atoms with Crippen molar-refractivity contribution in [1.29, 1.82) is 0 Å². The van der Waals surface area contributed by atoms with E-state index < -0.39 is 0 Å². The molecule has 0 aromatic rings. The monoisotopic (exact) mass is 160 g/mol. The van der Waals surface area contributed by atoms with E-state index in [9.17, 15) is 0 Å². The summed E-state index contributed by atoms with van der Waals surface area (Å²) in [7, 11) is 1.64. The minimum absolute atomic E-state index is 0.0899. The van der Waals surface area contributed by atoms with Gasteiger partial charge in [0.1, 0.15) is 0 Å². The van der Waals surface area contributed by atoms with Crippen molar-refractivity contribution < 1.29 is 9.84 Å². The molecule has 0 spiro atoms. The van der Waals surface area contributed by atoms with Crippen LogP contribution in [0.5, 0.6) is 0 Å². The summed E-state index contributed by atoms with van der Waals surface area (Å²) in [6, 6.07) is 0.606. The number of rotatable bonds is 5. The van der Waals surface area contributed by atoms with Gasteiger partial charge in [-0.25, -0.2) is 0 Å². The van der Waals surface area contributed by atoms with Gasteiger partial charge in [0.25, 0.3) is 0 Å². The van der Waals surface area contributed by atoms with Gasteiger partial charge in [-0.2, -0.15) is 0 Å². The van der Waals surface area contributed by atoms with Crippen molar-refractivity contribution >= 4 is 0 Å². The fourth-order valence-electron chi connectivity index (χ4n) is 1.09. The normalized spacial score (nSPS) is 21.3. The molecule has 1 aliphatic rings. The molecule has 1 heterocycles. The van der Waals surface area contributed by atoms with Crippen LogP contribution < -0.4 is 10.6 Å². The van der Waals surface area contributed by atoms with Crippen LogP contribution in [-0.4, -0.2) is 50.6 Å². The first-order valence-electron chi connectivity index (χ1n) is 3.93. The van der Waals surface area contributed by atoms with Crippen LogP contribution in [0.2, 0.25) is 0 Å². The van der Waals surface area contributed by atoms with Crippen LogP contribution in [0.1, 0.15) is 0 Å². The largest absolute Gasteiger partial charge is 0.395 e. The van der Waals surface area contributed by atoms with Crippen molar-refractivity contribution in [2.75, 3.05) is 33.4 Å². The molecule has 4 heteroatoms. The van der Waals surface area contributed by atoms with E-state index >= 15 is 0 Å². The van der Waals surface area contributed by atoms with Crippen LogP contribution in [0.3, 0.4) is 0 Å². The molecule has 1 fully saturated rings. The van der Waals surface area contributed by atoms with Crippen LogP contribution in [0.4, 0.5) is 0 Å². The Morgan fingerprint density at radius 3 is 2.82 bits per heavy atom. The van der Waals surface area contributed by atoms with Crippen LogP contribution in [0.25, 0.3) is 0 Å². The van der Waals surface area contributed by atoms with Gasteiger partial charge in [0.15, 0.2) is 0 Å². The molecule has 1 atom stereocenters. The molecule has 0 radical (unpaired) electrons. The second kappa shape index (κ2) is 4.66. The Balaban J connectivity index is 2.08. The summed E-state index contributed by atoms with van der Waals surface area (Å²) in [5, 5.41) is 15.3. The van der Waals surface area contributed by atoms with E-state index in [1.807, 2.05) is 0 Å². The number of ether oxygens (including phenoxy) is 1. The molecule has 0 saturated carbocycles. The predicted octanol–water partition coefficient (Wildman–Crippen LogP) is -1.44. The first kappa shape index (κ1) is 8.93. The lowest BCUT2D eigenvalue weighted by Gasteiger charge is -2.31. The first-order chi connectivity index (χ1) is 5.36. The molecular weight excluding hydrogens is 144 g/mol. The van der Waals surface area contributed by atoms with E-state index in [0.717, 1.165) is 13.1 Å². The Kier molecular flexibility index (Phi) is 3.79. The minimum Gasteiger partial charge on any atom is -0.395 e. The zero-order valence-corrected chi connectivity index (χ0v) is 6.84. The van der Waals surface area contributed by atoms with Gasteiger partial charge in [-0.1, -0.05) is 0 Å². The van der Waals surface area contributed by atoms with Crippen molar-refractivity contribution in [3.63, 3.8) is 0 Å². The summed E-state index contributed by atoms with van der Waals surface area (Å²) >= 11 is 0. The lowest BCUT2D eigenvalue weighted by atomic mass is 10.1. The summed E-state index contributed by atoms with van der Waals surface area (Å²) in [6.07, 6.45) is 0. The number of hydrogen-bond donors (Lipinski definition) is 3. The van der Waals surface area contributed by atoms with E-state index in [0.29, 0.717) is 12.6 Å². The third-order valence-electron chi connectivity index (χ3n) is 1.84. The van der Waals surface area contributed by atoms with Gasteiger partial charge in [-0.15, -0.1) is 0 Å². The molecular formula is C7H16N2O2. The smallest absolute Gasteiger partial charge is 0.0638 e. The van der Waals surface area contributed by atoms with Crippen molar-refractivity contribution in [2.45, 2.75) is 12.1 Å². The summed E-state index contributed by atoms with van der Waals surface area (Å²) < 4.78 is 4.92. The average Bonchev–Trinajstić information content (AvgIpc) is 1.94. The molecule has 3 N–H and O–H groups in total. The minimum atomic E-state index is 0.0899. The van der Waals surface area contributed by atoms with E-state index in [2.05, 4.69) is 10.6 Å². The summed E-state index contributed by atoms with van der Waals surface area (Å²) in [6.45, 7) is 2.72. The van der Waals surface area contributed by atoms with Crippen molar-refractivity contribution in [3.8, 4) is 0 Å². The molecule has 1 unspecified atom stereocenters. The fourth-order valence-corrected chi connectivity index (χ4v) is 1.09. The van der Waals surface area contributed by atoms with Gasteiger partial charge >= 0.3 is 0 Å². The highest BCUT2D eigenvalue weighted by Gasteiger charge is 2.19. The number of aliphatic hydroxyl groups is 1. The zero-order valence-electron chi connectivity index (χ0n) is 6.84. The van der Waals surface area contributed by atoms with Gasteiger partial charge in [0.05, 0.1) is 19.3 Å². The van der Waals surface area contributed by atoms with Crippen LogP contribution >= 0.6 is 0 Å². The maximum Gasteiger partial charge on any atom is 0.0638 e. The second-order valence-electron chi connectivity index (χ2n) is 2.86. The number of aliphatic hydroxyl groups excluding tert-OH is 1. The van der Waals surface area contributed by atoms with Crippen LogP contribution in [0.15, 0.2) is 0 Å². The Hall–Kier alpha value is -0.160. The Morgan fingerprint density at radius 2 is 2.45 bits per heavy atom. The van der Waals surface area contributed by atoms with E-state index in [-0.39, 0.29) is 12.6 Å². The van der Waals surface area contributed by atoms with Gasteiger partial charge in [0, 0.05) is 26.2 Å². The first-order valence-corrected chi connectivity index (χ1v) is 3.93. The SMILES string of the molecule is COCC(CO)NC1CNC1. The molecule has 0 amide bonds. The molecule has 0 aromatic carbocycles. The third kappa shape index (κ3) is 2.75. The molecule has 11 heavy (non-hydrogen) atoms. The van der Waals surface area contributed by atoms with Gasteiger partial charge in [-0.05, 0) is 0 Å². The summed E-state index contributed by atoms with van der Waals surface area (Å²) in [5.74, 6) is 0. The lowest BCUT2D eigenvalue weighted by Crippen LogP contribution is -2.59. The molecule has 66 valence electrons. The number of methoxy groups -OCH3 is 1. The second-order valence-corrected chi connectivity index (χ2v) is 2.86. The van der Waals surface area contributed by atoms with E-state index in [4.69, 9.17) is 9.84 Å². The van der Waals surface area contributed by atoms with E-state index in [1.165, 1.54) is 0 Å². The highest BCUT2D eigenvalue weighted by Crippen LogP contribution is 1.93. The van der Waals surface area contributed by atoms with Gasteiger partial charge < -0.3 is 20.5 Å². The quantitative estimate of drug-likeness (QED) is 0.461. The van der Waals surface area contributed by atoms with Crippen molar-refractivity contribution in [2.24, 2.45) is 0 Å². The van der Waals surface area contributed by atoms with Gasteiger partial charge in [0.2, 0.25) is 0 Å². The number of hydrogen-bond acceptors (Lipinski definition) is 4. The highest BCUT2D eigenvalue weighted by molar-refractivity contribution is 4.84. The molecule has 0 aliphatic carbocycles. The fraction of sp³-hybridized carbons (Fsp3) is 1.00. The standard InChI is InChI=1S/C7H16N2O2/c1-11-5-7(4-10)9-6-2-8-3-6/h6-10H,2-5H2,1H3. The topological polar surface area (TPSA) is 53.5 Å². The Morgan fingerprint density at radius 1 is 1.73 bits per heavy atom. The molecule has 4 nitrogen and oxygen atoms in total. The molecule has 0 bridgehead atoms.